The van der Waals surface area contributed by atoms with Crippen LogP contribution in [0.15, 0.2) is 11.0 Å². The third-order valence-electron chi connectivity index (χ3n) is 1.39. The Morgan fingerprint density at radius 1 is 1.83 bits per heavy atom. The van der Waals surface area contributed by atoms with Gasteiger partial charge < -0.3 is 0 Å². The van der Waals surface area contributed by atoms with Crippen LogP contribution in [0, 0.1) is 10.1 Å². The number of hydrogen-bond donors (Lipinski definition) is 0. The molecule has 0 aromatic carbocycles. The summed E-state index contributed by atoms with van der Waals surface area (Å²) in [5.41, 5.74) is 0. The van der Waals surface area contributed by atoms with Crippen molar-refractivity contribution in [2.75, 3.05) is 0 Å². The van der Waals surface area contributed by atoms with Gasteiger partial charge in [-0.15, -0.1) is 0 Å². The van der Waals surface area contributed by atoms with E-state index in [0.29, 0.717) is 4.91 Å². The molecule has 0 amide bonds. The SMILES string of the molecule is CC(=O)C1=CC(Br)C([N+](=O)[O-])S1. The topological polar surface area (TPSA) is 60.2 Å². The first-order valence-corrected chi connectivity index (χ1v) is 4.99. The zero-order valence-electron chi connectivity index (χ0n) is 6.19. The Bertz CT molecular complexity index is 266. The number of hydrogen-bond acceptors (Lipinski definition) is 4. The number of ketones is 1. The van der Waals surface area contributed by atoms with Crippen molar-refractivity contribution in [1.29, 1.82) is 0 Å². The van der Waals surface area contributed by atoms with Gasteiger partial charge >= 0.3 is 0 Å². The molecule has 0 bridgehead atoms. The van der Waals surface area contributed by atoms with E-state index in [1.54, 1.807) is 6.08 Å². The van der Waals surface area contributed by atoms with Gasteiger partial charge in [-0.25, -0.2) is 0 Å². The summed E-state index contributed by atoms with van der Waals surface area (Å²) in [7, 11) is 0. The van der Waals surface area contributed by atoms with Gasteiger partial charge in [-0.3, -0.25) is 14.9 Å². The van der Waals surface area contributed by atoms with Crippen LogP contribution >= 0.6 is 27.7 Å². The van der Waals surface area contributed by atoms with Crippen molar-refractivity contribution >= 4 is 33.5 Å². The van der Waals surface area contributed by atoms with Crippen molar-refractivity contribution in [3.05, 3.63) is 21.1 Å². The predicted octanol–water partition coefficient (Wildman–Crippen LogP) is 1.57. The number of alkyl halides is 1. The second kappa shape index (κ2) is 3.57. The van der Waals surface area contributed by atoms with E-state index in [1.807, 2.05) is 0 Å². The minimum absolute atomic E-state index is 0.117. The van der Waals surface area contributed by atoms with Gasteiger partial charge in [0, 0.05) is 4.92 Å². The fraction of sp³-hybridized carbons (Fsp3) is 0.500. The number of nitro groups is 1. The van der Waals surface area contributed by atoms with E-state index in [-0.39, 0.29) is 10.6 Å². The van der Waals surface area contributed by atoms with E-state index in [0.717, 1.165) is 11.8 Å². The van der Waals surface area contributed by atoms with Gasteiger partial charge in [0.15, 0.2) is 5.78 Å². The molecular weight excluding hydrogens is 246 g/mol. The molecule has 1 aliphatic heterocycles. The molecule has 66 valence electrons. The smallest absolute Gasteiger partial charge is 0.278 e. The highest BCUT2D eigenvalue weighted by molar-refractivity contribution is 9.09. The maximum atomic E-state index is 10.8. The van der Waals surface area contributed by atoms with E-state index in [4.69, 9.17) is 0 Å². The van der Waals surface area contributed by atoms with E-state index in [2.05, 4.69) is 15.9 Å². The van der Waals surface area contributed by atoms with Crippen LogP contribution in [0.3, 0.4) is 0 Å². The van der Waals surface area contributed by atoms with Gasteiger partial charge in [0.05, 0.1) is 4.91 Å². The van der Waals surface area contributed by atoms with Crippen molar-refractivity contribution in [2.45, 2.75) is 17.1 Å². The Labute approximate surface area is 81.7 Å². The molecule has 6 heteroatoms. The number of carbonyl (C=O) groups excluding carboxylic acids is 1. The molecular formula is C6H6BrNO3S. The van der Waals surface area contributed by atoms with Crippen molar-refractivity contribution in [2.24, 2.45) is 0 Å². The molecule has 0 fully saturated rings. The zero-order valence-corrected chi connectivity index (χ0v) is 8.59. The summed E-state index contributed by atoms with van der Waals surface area (Å²) in [5.74, 6) is -0.117. The van der Waals surface area contributed by atoms with Crippen LogP contribution in [0.1, 0.15) is 6.92 Å². The molecule has 1 aliphatic rings. The van der Waals surface area contributed by atoms with E-state index < -0.39 is 10.3 Å². The fourth-order valence-corrected chi connectivity index (χ4v) is 2.72. The van der Waals surface area contributed by atoms with E-state index >= 15 is 0 Å². The molecule has 0 aliphatic carbocycles. The minimum Gasteiger partial charge on any atom is -0.294 e. The van der Waals surface area contributed by atoms with Crippen LogP contribution in [0.25, 0.3) is 0 Å². The number of rotatable bonds is 2. The Morgan fingerprint density at radius 3 is 2.67 bits per heavy atom. The van der Waals surface area contributed by atoms with Crippen molar-refractivity contribution in [3.8, 4) is 0 Å². The Hall–Kier alpha value is -0.360. The third kappa shape index (κ3) is 1.87. The molecule has 4 nitrogen and oxygen atoms in total. The number of nitrogens with zero attached hydrogens (tertiary/aromatic N) is 1. The van der Waals surface area contributed by atoms with Gasteiger partial charge in [0.1, 0.15) is 4.83 Å². The molecule has 0 radical (unpaired) electrons. The second-order valence-electron chi connectivity index (χ2n) is 2.33. The van der Waals surface area contributed by atoms with Gasteiger partial charge in [-0.1, -0.05) is 15.9 Å². The average molecular weight is 252 g/mol. The largest absolute Gasteiger partial charge is 0.294 e. The molecule has 1 rings (SSSR count). The summed E-state index contributed by atoms with van der Waals surface area (Å²) in [4.78, 5) is 21.0. The maximum absolute atomic E-state index is 10.8. The van der Waals surface area contributed by atoms with Crippen molar-refractivity contribution < 1.29 is 9.72 Å². The quantitative estimate of drug-likeness (QED) is 0.425. The van der Waals surface area contributed by atoms with Crippen LogP contribution in [-0.2, 0) is 4.79 Å². The van der Waals surface area contributed by atoms with Gasteiger partial charge in [-0.2, -0.15) is 0 Å². The number of Topliss-reactive ketones (excluding diaryl/α,β-unsaturated/α-hetero) is 1. The summed E-state index contributed by atoms with van der Waals surface area (Å²) >= 11 is 4.12. The number of carbonyl (C=O) groups is 1. The van der Waals surface area contributed by atoms with E-state index in [9.17, 15) is 14.9 Å². The monoisotopic (exact) mass is 251 g/mol. The average Bonchev–Trinajstić information content (AvgIpc) is 2.30. The highest BCUT2D eigenvalue weighted by Crippen LogP contribution is 2.36. The van der Waals surface area contributed by atoms with Crippen LogP contribution in [-0.4, -0.2) is 20.9 Å². The Kier molecular flexibility index (Phi) is 2.89. The standard InChI is InChI=1S/C6H6BrNO3S/c1-3(9)5-2-4(7)6(12-5)8(10)11/h2,4,6H,1H3. The molecule has 12 heavy (non-hydrogen) atoms. The van der Waals surface area contributed by atoms with Crippen molar-refractivity contribution in [1.82, 2.24) is 0 Å². The molecule has 1 heterocycles. The maximum Gasteiger partial charge on any atom is 0.278 e. The summed E-state index contributed by atoms with van der Waals surface area (Å²) < 4.78 is 0. The Morgan fingerprint density at radius 2 is 2.42 bits per heavy atom. The minimum atomic E-state index is -0.760. The predicted molar refractivity (Wildman–Crippen MR) is 49.9 cm³/mol. The first-order chi connectivity index (χ1) is 5.52. The molecule has 2 unspecified atom stereocenters. The lowest BCUT2D eigenvalue weighted by molar-refractivity contribution is -0.492. The van der Waals surface area contributed by atoms with Gasteiger partial charge in [0.2, 0.25) is 0 Å². The fourth-order valence-electron chi connectivity index (χ4n) is 0.821. The summed E-state index contributed by atoms with van der Waals surface area (Å²) in [6.07, 6.45) is 1.58. The van der Waals surface area contributed by atoms with E-state index in [1.165, 1.54) is 6.92 Å². The van der Waals surface area contributed by atoms with Gasteiger partial charge in [0.25, 0.3) is 5.37 Å². The number of halogens is 1. The number of allylic oxidation sites excluding steroid dienone is 1. The molecule has 0 spiro atoms. The lowest BCUT2D eigenvalue weighted by Gasteiger charge is -2.02. The first kappa shape index (κ1) is 9.73. The van der Waals surface area contributed by atoms with Crippen LogP contribution in [0.2, 0.25) is 0 Å². The normalized spacial score (nSPS) is 28.3. The summed E-state index contributed by atoms with van der Waals surface area (Å²) in [6, 6.07) is 0. The molecule has 0 aromatic rings. The molecule has 0 saturated carbocycles. The van der Waals surface area contributed by atoms with Crippen molar-refractivity contribution in [3.63, 3.8) is 0 Å². The Balaban J connectivity index is 2.73. The summed E-state index contributed by atoms with van der Waals surface area (Å²) in [6.45, 7) is 1.40. The second-order valence-corrected chi connectivity index (χ2v) is 4.54. The molecule has 0 aromatic heterocycles. The lowest BCUT2D eigenvalue weighted by atomic mass is 10.3. The highest BCUT2D eigenvalue weighted by atomic mass is 79.9. The molecule has 0 saturated heterocycles. The third-order valence-corrected chi connectivity index (χ3v) is 3.88. The zero-order chi connectivity index (χ0) is 9.30. The number of thioether (sulfide) groups is 1. The molecule has 2 atom stereocenters. The van der Waals surface area contributed by atoms with Gasteiger partial charge in [-0.05, 0) is 24.8 Å². The van der Waals surface area contributed by atoms with Crippen LogP contribution < -0.4 is 0 Å². The first-order valence-electron chi connectivity index (χ1n) is 3.19. The van der Waals surface area contributed by atoms with Crippen LogP contribution in [0.4, 0.5) is 0 Å². The summed E-state index contributed by atoms with van der Waals surface area (Å²) in [5, 5.41) is 9.63. The highest BCUT2D eigenvalue weighted by Gasteiger charge is 2.37. The lowest BCUT2D eigenvalue weighted by Crippen LogP contribution is -2.20. The molecule has 0 N–H and O–H groups in total. The van der Waals surface area contributed by atoms with Crippen LogP contribution in [0.5, 0.6) is 0 Å².